The number of nitrogens with zero attached hydrogens (tertiary/aromatic N) is 12. The van der Waals surface area contributed by atoms with E-state index in [4.69, 9.17) is 39.6 Å². The lowest BCUT2D eigenvalue weighted by Crippen LogP contribution is -2.39. The molecule has 0 spiro atoms. The van der Waals surface area contributed by atoms with Crippen LogP contribution in [0.4, 0.5) is 37.0 Å². The molecular formula is C59H67FN16O5. The fourth-order valence-corrected chi connectivity index (χ4v) is 10.8. The van der Waals surface area contributed by atoms with Crippen molar-refractivity contribution in [2.75, 3.05) is 113 Å². The van der Waals surface area contributed by atoms with Gasteiger partial charge >= 0.3 is 12.1 Å². The molecule has 4 aliphatic rings. The molecule has 0 atom stereocenters. The summed E-state index contributed by atoms with van der Waals surface area (Å²) in [4.78, 5) is 65.4. The Hall–Kier alpha value is -8.60. The zero-order chi connectivity index (χ0) is 55.7. The minimum absolute atomic E-state index is 0.0594. The van der Waals surface area contributed by atoms with Crippen LogP contribution in [0.5, 0.6) is 0 Å². The number of hydrogen-bond acceptors (Lipinski definition) is 14. The number of carbonyl (C=O) groups is 3. The lowest BCUT2D eigenvalue weighted by Gasteiger charge is -2.32. The predicted molar refractivity (Wildman–Crippen MR) is 309 cm³/mol. The monoisotopic (exact) mass is 1100 g/mol. The molecule has 4 N–H and O–H groups in total. The first-order valence-electron chi connectivity index (χ1n) is 27.9. The van der Waals surface area contributed by atoms with Crippen LogP contribution in [-0.4, -0.2) is 160 Å². The number of fused-ring (bicyclic) bond motifs is 2. The average molecular weight is 1100 g/mol. The van der Waals surface area contributed by atoms with Gasteiger partial charge in [-0.3, -0.25) is 9.69 Å². The van der Waals surface area contributed by atoms with Gasteiger partial charge in [0.15, 0.2) is 22.9 Å². The Morgan fingerprint density at radius 1 is 0.580 bits per heavy atom. The number of urea groups is 2. The normalized spacial score (nSPS) is 16.5. The highest BCUT2D eigenvalue weighted by Crippen LogP contribution is 2.35. The number of morpholine rings is 2. The maximum Gasteiger partial charge on any atom is 0.319 e. The fourth-order valence-electron chi connectivity index (χ4n) is 10.8. The van der Waals surface area contributed by atoms with Crippen molar-refractivity contribution in [2.45, 2.75) is 51.2 Å². The number of likely N-dealkylation sites (tertiary alicyclic amines) is 2. The van der Waals surface area contributed by atoms with Crippen molar-refractivity contribution in [1.29, 1.82) is 0 Å². The number of hydrogen-bond donors (Lipinski definition) is 4. The highest BCUT2D eigenvalue weighted by molar-refractivity contribution is 5.95. The van der Waals surface area contributed by atoms with Gasteiger partial charge in [-0.15, -0.1) is 0 Å². The molecule has 5 amide bonds. The fraction of sp³-hybridized carbons (Fsp3) is 0.373. The molecule has 21 nitrogen and oxygen atoms in total. The minimum atomic E-state index is -0.361. The summed E-state index contributed by atoms with van der Waals surface area (Å²) in [6, 6.07) is 31.2. The van der Waals surface area contributed by atoms with Crippen molar-refractivity contribution in [3.8, 4) is 22.8 Å². The summed E-state index contributed by atoms with van der Waals surface area (Å²) in [5, 5.41) is 22.4. The molecule has 8 aromatic rings. The Morgan fingerprint density at radius 2 is 1.06 bits per heavy atom. The van der Waals surface area contributed by atoms with E-state index in [-0.39, 0.29) is 35.9 Å². The number of piperidine rings is 2. The van der Waals surface area contributed by atoms with Gasteiger partial charge < -0.3 is 45.4 Å². The summed E-state index contributed by atoms with van der Waals surface area (Å²) in [6.45, 7) is 12.2. The van der Waals surface area contributed by atoms with Gasteiger partial charge in [-0.25, -0.2) is 43.3 Å². The van der Waals surface area contributed by atoms with Gasteiger partial charge in [0.25, 0.3) is 5.91 Å². The van der Waals surface area contributed by atoms with Crippen molar-refractivity contribution in [1.82, 2.24) is 59.9 Å². The summed E-state index contributed by atoms with van der Waals surface area (Å²) in [6.07, 6.45) is 7.24. The summed E-state index contributed by atoms with van der Waals surface area (Å²) < 4.78 is 28.6. The zero-order valence-corrected chi connectivity index (χ0v) is 45.6. The highest BCUT2D eigenvalue weighted by atomic mass is 19.1. The van der Waals surface area contributed by atoms with E-state index in [0.717, 1.165) is 122 Å². The molecule has 81 heavy (non-hydrogen) atoms. The molecule has 8 heterocycles. The van der Waals surface area contributed by atoms with Crippen LogP contribution < -0.4 is 31.1 Å². The van der Waals surface area contributed by atoms with Gasteiger partial charge in [0.05, 0.1) is 61.7 Å². The van der Waals surface area contributed by atoms with Crippen molar-refractivity contribution in [3.05, 3.63) is 132 Å². The third kappa shape index (κ3) is 12.7. The molecule has 0 saturated carbocycles. The molecule has 4 aromatic carbocycles. The number of nitrogens with one attached hydrogen (secondary N) is 4. The summed E-state index contributed by atoms with van der Waals surface area (Å²) in [5.74, 6) is 2.48. The molecule has 0 unspecified atom stereocenters. The van der Waals surface area contributed by atoms with Crippen molar-refractivity contribution in [2.24, 2.45) is 0 Å². The smallest absolute Gasteiger partial charge is 0.319 e. The third-order valence-corrected chi connectivity index (χ3v) is 15.2. The summed E-state index contributed by atoms with van der Waals surface area (Å²) in [5.41, 5.74) is 6.54. The van der Waals surface area contributed by atoms with Crippen LogP contribution in [-0.2, 0) is 16.0 Å². The summed E-state index contributed by atoms with van der Waals surface area (Å²) >= 11 is 0. The lowest BCUT2D eigenvalue weighted by molar-refractivity contribution is 0.0691. The second-order valence-corrected chi connectivity index (χ2v) is 20.5. The number of anilines is 4. The average Bonchev–Trinajstić information content (AvgIpc) is 4.37. The third-order valence-electron chi connectivity index (χ3n) is 15.2. The van der Waals surface area contributed by atoms with E-state index in [1.807, 2.05) is 77.4 Å². The van der Waals surface area contributed by atoms with E-state index in [2.05, 4.69) is 71.0 Å². The first-order valence-corrected chi connectivity index (χ1v) is 27.9. The number of benzene rings is 4. The molecule has 4 aliphatic heterocycles. The van der Waals surface area contributed by atoms with Gasteiger partial charge in [-0.2, -0.15) is 10.2 Å². The molecule has 0 aliphatic carbocycles. The van der Waals surface area contributed by atoms with Gasteiger partial charge in [0, 0.05) is 101 Å². The van der Waals surface area contributed by atoms with Crippen LogP contribution in [0.15, 0.2) is 116 Å². The molecule has 4 aromatic heterocycles. The molecule has 4 fully saturated rings. The predicted octanol–water partition coefficient (Wildman–Crippen LogP) is 8.01. The topological polar surface area (TPSA) is 218 Å². The second kappa shape index (κ2) is 25.2. The quantitative estimate of drug-likeness (QED) is 0.0912. The maximum atomic E-state index is 13.3. The van der Waals surface area contributed by atoms with Crippen molar-refractivity contribution in [3.63, 3.8) is 0 Å². The number of halogens is 1. The van der Waals surface area contributed by atoms with Crippen LogP contribution in [0.3, 0.4) is 0 Å². The largest absolute Gasteiger partial charge is 0.378 e. The second-order valence-electron chi connectivity index (χ2n) is 20.5. The lowest BCUT2D eigenvalue weighted by atomic mass is 10.0. The van der Waals surface area contributed by atoms with Crippen LogP contribution in [0.25, 0.3) is 44.8 Å². The standard InChI is InChI=1S/C30H36N8O2.C29H31FN8O3/c1-2-31-30(39)33-24-10-8-23(9-11-24)27-34-28(37-16-18-40-19-17-37)26-20-32-38(29(26)35-27)25-12-14-36(15-13-25)21-22-6-4-3-5-7-22;1-31-29(40)33-22-8-4-19(5-9-22)25-34-26(36-14-16-41-17-15-36)24-18-32-38(27(24)35-25)23-10-12-37(13-11-23)28(39)20-2-6-21(30)7-3-20/h3-11,20,25H,2,12-19,21H2,1H3,(H2,31,33,39);2-9,18,23H,10-17H2,1H3,(H2,31,33,40). The Bertz CT molecular complexity index is 3430. The number of carbonyl (C=O) groups excluding carboxylic acids is 3. The van der Waals surface area contributed by atoms with Gasteiger partial charge in [-0.1, -0.05) is 30.3 Å². The number of rotatable bonds is 12. The molecule has 22 heteroatoms. The summed E-state index contributed by atoms with van der Waals surface area (Å²) in [7, 11) is 1.57. The van der Waals surface area contributed by atoms with Crippen LogP contribution in [0.1, 0.15) is 60.6 Å². The van der Waals surface area contributed by atoms with Crippen LogP contribution >= 0.6 is 0 Å². The zero-order valence-electron chi connectivity index (χ0n) is 45.6. The number of ether oxygens (including phenoxy) is 2. The Balaban J connectivity index is 0.000000170. The minimum Gasteiger partial charge on any atom is -0.378 e. The van der Waals surface area contributed by atoms with E-state index in [1.165, 1.54) is 29.8 Å². The van der Waals surface area contributed by atoms with E-state index in [0.29, 0.717) is 69.0 Å². The number of amides is 5. The van der Waals surface area contributed by atoms with Crippen LogP contribution in [0, 0.1) is 5.82 Å². The Labute approximate surface area is 468 Å². The first kappa shape index (κ1) is 54.4. The SMILES string of the molecule is CCNC(=O)Nc1ccc(-c2nc(N3CCOCC3)c3cnn(C4CCN(Cc5ccccc5)CC4)c3n2)cc1.CNC(=O)Nc1ccc(-c2nc(N3CCOCC3)c3cnn(C4CCN(C(=O)c5ccc(F)cc5)CC4)c3n2)cc1. The Kier molecular flexibility index (Phi) is 16.9. The van der Waals surface area contributed by atoms with E-state index in [9.17, 15) is 18.8 Å². The van der Waals surface area contributed by atoms with E-state index >= 15 is 0 Å². The van der Waals surface area contributed by atoms with Gasteiger partial charge in [0.1, 0.15) is 17.5 Å². The first-order chi connectivity index (χ1) is 39.7. The molecule has 0 radical (unpaired) electrons. The molecule has 0 bridgehead atoms. The molecular weight excluding hydrogens is 1030 g/mol. The van der Waals surface area contributed by atoms with E-state index < -0.39 is 0 Å². The van der Waals surface area contributed by atoms with E-state index in [1.54, 1.807) is 7.05 Å². The molecule has 4 saturated heterocycles. The van der Waals surface area contributed by atoms with Crippen molar-refractivity contribution >= 4 is 63.0 Å². The highest BCUT2D eigenvalue weighted by Gasteiger charge is 2.30. The molecule has 420 valence electrons. The van der Waals surface area contributed by atoms with Crippen molar-refractivity contribution < 1.29 is 28.2 Å². The van der Waals surface area contributed by atoms with Gasteiger partial charge in [-0.05, 0) is 111 Å². The Morgan fingerprint density at radius 3 is 1.54 bits per heavy atom. The molecule has 12 rings (SSSR count). The van der Waals surface area contributed by atoms with Gasteiger partial charge in [0.2, 0.25) is 0 Å². The number of aromatic nitrogens is 8. The van der Waals surface area contributed by atoms with Crippen LogP contribution in [0.2, 0.25) is 0 Å². The maximum absolute atomic E-state index is 13.3.